The van der Waals surface area contributed by atoms with Gasteiger partial charge in [0, 0.05) is 6.42 Å². The highest BCUT2D eigenvalue weighted by Gasteiger charge is 2.17. The molecule has 24 heavy (non-hydrogen) atoms. The molecule has 0 amide bonds. The van der Waals surface area contributed by atoms with E-state index in [2.05, 4.69) is 15.0 Å². The molecule has 0 fully saturated rings. The van der Waals surface area contributed by atoms with Crippen LogP contribution in [0.4, 0.5) is 5.82 Å². The van der Waals surface area contributed by atoms with E-state index in [0.29, 0.717) is 32.9 Å². The van der Waals surface area contributed by atoms with Gasteiger partial charge in [0.25, 0.3) is 5.56 Å². The fourth-order valence-corrected chi connectivity index (χ4v) is 4.03. The van der Waals surface area contributed by atoms with Crippen molar-refractivity contribution in [2.24, 2.45) is 0 Å². The zero-order valence-corrected chi connectivity index (χ0v) is 13.2. The van der Waals surface area contributed by atoms with E-state index in [0.717, 1.165) is 23.4 Å². The SMILES string of the molecule is Nc1ncnc2sc3c(=O)n(-c4ccc5c(c4)CCO5)cnc3c12. The van der Waals surface area contributed by atoms with Gasteiger partial charge >= 0.3 is 0 Å². The molecule has 0 bridgehead atoms. The molecule has 8 heteroatoms. The van der Waals surface area contributed by atoms with Crippen LogP contribution >= 0.6 is 11.3 Å². The summed E-state index contributed by atoms with van der Waals surface area (Å²) in [6.45, 7) is 0.680. The smallest absolute Gasteiger partial charge is 0.275 e. The van der Waals surface area contributed by atoms with Crippen LogP contribution in [-0.2, 0) is 6.42 Å². The Labute approximate surface area is 139 Å². The molecule has 0 saturated heterocycles. The molecule has 0 saturated carbocycles. The van der Waals surface area contributed by atoms with E-state index in [9.17, 15) is 4.79 Å². The van der Waals surface area contributed by atoms with Crippen LogP contribution in [0.15, 0.2) is 35.6 Å². The monoisotopic (exact) mass is 337 g/mol. The van der Waals surface area contributed by atoms with Gasteiger partial charge in [-0.15, -0.1) is 11.3 Å². The number of ether oxygens (including phenoxy) is 1. The number of aromatic nitrogens is 4. The summed E-state index contributed by atoms with van der Waals surface area (Å²) in [4.78, 5) is 26.2. The first-order valence-electron chi connectivity index (χ1n) is 7.39. The highest BCUT2D eigenvalue weighted by Crippen LogP contribution is 2.32. The predicted octanol–water partition coefficient (Wildman–Crippen LogP) is 1.91. The van der Waals surface area contributed by atoms with E-state index in [4.69, 9.17) is 10.5 Å². The lowest BCUT2D eigenvalue weighted by molar-refractivity contribution is 0.357. The van der Waals surface area contributed by atoms with Gasteiger partial charge in [-0.2, -0.15) is 0 Å². The number of nitrogens with zero attached hydrogens (tertiary/aromatic N) is 4. The summed E-state index contributed by atoms with van der Waals surface area (Å²) in [7, 11) is 0. The van der Waals surface area contributed by atoms with Gasteiger partial charge in [0.1, 0.15) is 39.3 Å². The van der Waals surface area contributed by atoms with Gasteiger partial charge in [-0.05, 0) is 23.8 Å². The molecule has 1 aliphatic rings. The number of hydrogen-bond donors (Lipinski definition) is 1. The number of thiophene rings is 1. The minimum Gasteiger partial charge on any atom is -0.493 e. The zero-order valence-electron chi connectivity index (χ0n) is 12.4. The minimum absolute atomic E-state index is 0.138. The molecular weight excluding hydrogens is 326 g/mol. The van der Waals surface area contributed by atoms with Crippen LogP contribution in [-0.4, -0.2) is 26.1 Å². The highest BCUT2D eigenvalue weighted by molar-refractivity contribution is 7.25. The van der Waals surface area contributed by atoms with E-state index in [1.807, 2.05) is 18.2 Å². The van der Waals surface area contributed by atoms with Gasteiger partial charge < -0.3 is 10.5 Å². The van der Waals surface area contributed by atoms with Crippen LogP contribution in [0.25, 0.3) is 26.1 Å². The lowest BCUT2D eigenvalue weighted by atomic mass is 10.1. The summed E-state index contributed by atoms with van der Waals surface area (Å²) in [6, 6.07) is 5.72. The number of fused-ring (bicyclic) bond motifs is 4. The van der Waals surface area contributed by atoms with Gasteiger partial charge in [0.05, 0.1) is 17.7 Å². The molecule has 7 nitrogen and oxygen atoms in total. The average molecular weight is 337 g/mol. The Morgan fingerprint density at radius 2 is 2.17 bits per heavy atom. The number of rotatable bonds is 1. The summed E-state index contributed by atoms with van der Waals surface area (Å²) in [5.41, 5.74) is 8.21. The summed E-state index contributed by atoms with van der Waals surface area (Å²) >= 11 is 1.29. The van der Waals surface area contributed by atoms with Crippen molar-refractivity contribution >= 4 is 37.6 Å². The van der Waals surface area contributed by atoms with Crippen LogP contribution in [0.1, 0.15) is 5.56 Å². The topological polar surface area (TPSA) is 95.9 Å². The predicted molar refractivity (Wildman–Crippen MR) is 91.9 cm³/mol. The molecular formula is C16H11N5O2S. The second kappa shape index (κ2) is 4.75. The Bertz CT molecular complexity index is 1180. The number of nitrogens with two attached hydrogens (primary N) is 1. The van der Waals surface area contributed by atoms with Gasteiger partial charge in [0.15, 0.2) is 0 Å². The first kappa shape index (κ1) is 13.4. The standard InChI is InChI=1S/C16H11N5O2S/c17-14-11-12-13(24-15(11)19-6-18-14)16(22)21(7-20-12)9-1-2-10-8(5-9)3-4-23-10/h1-2,5-7H,3-4H2,(H2,17,18,19). The van der Waals surface area contributed by atoms with E-state index in [1.165, 1.54) is 24.0 Å². The Morgan fingerprint density at radius 1 is 1.25 bits per heavy atom. The van der Waals surface area contributed by atoms with Gasteiger partial charge in [-0.1, -0.05) is 0 Å². The quantitative estimate of drug-likeness (QED) is 0.570. The number of hydrogen-bond acceptors (Lipinski definition) is 7. The van der Waals surface area contributed by atoms with Crippen molar-refractivity contribution in [1.29, 1.82) is 0 Å². The maximum Gasteiger partial charge on any atom is 0.275 e. The largest absolute Gasteiger partial charge is 0.493 e. The fraction of sp³-hybridized carbons (Fsp3) is 0.125. The van der Waals surface area contributed by atoms with Gasteiger partial charge in [-0.25, -0.2) is 15.0 Å². The Kier molecular flexibility index (Phi) is 2.66. The zero-order chi connectivity index (χ0) is 16.3. The number of benzene rings is 1. The third kappa shape index (κ3) is 1.77. The maximum atomic E-state index is 12.9. The summed E-state index contributed by atoms with van der Waals surface area (Å²) in [5.74, 6) is 1.22. The molecule has 0 radical (unpaired) electrons. The fourth-order valence-electron chi connectivity index (χ4n) is 2.99. The molecule has 5 rings (SSSR count). The van der Waals surface area contributed by atoms with E-state index < -0.39 is 0 Å². The first-order valence-corrected chi connectivity index (χ1v) is 8.20. The minimum atomic E-state index is -0.138. The number of anilines is 1. The molecule has 2 N–H and O–H groups in total. The van der Waals surface area contributed by atoms with Gasteiger partial charge in [-0.3, -0.25) is 9.36 Å². The normalized spacial score (nSPS) is 13.3. The van der Waals surface area contributed by atoms with E-state index in [-0.39, 0.29) is 5.56 Å². The van der Waals surface area contributed by atoms with Crippen LogP contribution in [0.3, 0.4) is 0 Å². The maximum absolute atomic E-state index is 12.9. The molecule has 4 heterocycles. The van der Waals surface area contributed by atoms with Crippen molar-refractivity contribution in [2.45, 2.75) is 6.42 Å². The van der Waals surface area contributed by atoms with E-state index >= 15 is 0 Å². The third-order valence-corrected chi connectivity index (χ3v) is 5.23. The number of nitrogen functional groups attached to an aromatic ring is 1. The first-order chi connectivity index (χ1) is 11.7. The molecule has 3 aromatic heterocycles. The Balaban J connectivity index is 1.79. The van der Waals surface area contributed by atoms with Crippen LogP contribution in [0.2, 0.25) is 0 Å². The van der Waals surface area contributed by atoms with Crippen molar-refractivity contribution in [1.82, 2.24) is 19.5 Å². The summed E-state index contributed by atoms with van der Waals surface area (Å²) in [5, 5.41) is 0.643. The molecule has 0 spiro atoms. The summed E-state index contributed by atoms with van der Waals surface area (Å²) < 4.78 is 7.58. The van der Waals surface area contributed by atoms with Crippen LogP contribution in [0.5, 0.6) is 5.75 Å². The second-order valence-corrected chi connectivity index (χ2v) is 6.53. The highest BCUT2D eigenvalue weighted by atomic mass is 32.1. The Hall–Kier alpha value is -3.00. The molecule has 4 aromatic rings. The second-order valence-electron chi connectivity index (χ2n) is 5.53. The van der Waals surface area contributed by atoms with E-state index in [1.54, 1.807) is 4.57 Å². The van der Waals surface area contributed by atoms with Gasteiger partial charge in [0.2, 0.25) is 0 Å². The van der Waals surface area contributed by atoms with Crippen molar-refractivity contribution in [3.05, 3.63) is 46.8 Å². The average Bonchev–Trinajstić information content (AvgIpc) is 3.19. The van der Waals surface area contributed by atoms with Crippen molar-refractivity contribution < 1.29 is 4.74 Å². The molecule has 1 aromatic carbocycles. The molecule has 0 unspecified atom stereocenters. The van der Waals surface area contributed by atoms with Crippen LogP contribution < -0.4 is 16.0 Å². The lowest BCUT2D eigenvalue weighted by Gasteiger charge is -2.07. The molecule has 118 valence electrons. The third-order valence-electron chi connectivity index (χ3n) is 4.16. The lowest BCUT2D eigenvalue weighted by Crippen LogP contribution is -2.17. The van der Waals surface area contributed by atoms with Crippen LogP contribution in [0, 0.1) is 0 Å². The van der Waals surface area contributed by atoms with Crippen molar-refractivity contribution in [2.75, 3.05) is 12.3 Å². The van der Waals surface area contributed by atoms with Crippen molar-refractivity contribution in [3.8, 4) is 11.4 Å². The molecule has 1 aliphatic heterocycles. The molecule has 0 atom stereocenters. The summed E-state index contributed by atoms with van der Waals surface area (Å²) in [6.07, 6.45) is 3.77. The Morgan fingerprint density at radius 3 is 3.08 bits per heavy atom. The van der Waals surface area contributed by atoms with Crippen molar-refractivity contribution in [3.63, 3.8) is 0 Å². The molecule has 0 aliphatic carbocycles.